The van der Waals surface area contributed by atoms with Crippen LogP contribution in [-0.4, -0.2) is 14.6 Å². The van der Waals surface area contributed by atoms with Gasteiger partial charge in [0.2, 0.25) is 0 Å². The Morgan fingerprint density at radius 1 is 1.06 bits per heavy atom. The van der Waals surface area contributed by atoms with Crippen molar-refractivity contribution in [2.75, 3.05) is 11.5 Å². The van der Waals surface area contributed by atoms with Crippen molar-refractivity contribution in [2.24, 2.45) is 0 Å². The van der Waals surface area contributed by atoms with Crippen LogP contribution in [-0.2, 0) is 6.61 Å². The molecular weight excluding hydrogens is 406 g/mol. The van der Waals surface area contributed by atoms with Crippen LogP contribution >= 0.6 is 0 Å². The van der Waals surface area contributed by atoms with E-state index in [1.54, 1.807) is 31.3 Å². The largest absolute Gasteiger partial charge is 0.485 e. The average Bonchev–Trinajstić information content (AvgIpc) is 3.12. The Labute approximate surface area is 175 Å². The molecule has 0 atom stereocenters. The molecule has 0 spiro atoms. The first-order valence-electron chi connectivity index (χ1n) is 9.04. The second-order valence-electron chi connectivity index (χ2n) is 6.70. The summed E-state index contributed by atoms with van der Waals surface area (Å²) in [6.45, 7) is 1.71. The summed E-state index contributed by atoms with van der Waals surface area (Å²) < 4.78 is 40.3. The maximum Gasteiger partial charge on any atom is 0.189 e. The molecule has 4 aromatic rings. The summed E-state index contributed by atoms with van der Waals surface area (Å²) in [5.74, 6) is -0.0887. The van der Waals surface area contributed by atoms with E-state index in [0.717, 1.165) is 6.07 Å². The van der Waals surface area contributed by atoms with E-state index >= 15 is 0 Å². The lowest BCUT2D eigenvalue weighted by atomic mass is 10.2. The number of nitrogen functional groups attached to an aromatic ring is 2. The maximum absolute atomic E-state index is 13.8. The van der Waals surface area contributed by atoms with Crippen LogP contribution in [0.3, 0.4) is 0 Å². The number of nitrogens with two attached hydrogens (primary N) is 2. The number of hydrogen-bond acceptors (Lipinski definition) is 7. The van der Waals surface area contributed by atoms with Crippen molar-refractivity contribution in [2.45, 2.75) is 13.5 Å². The SMILES string of the molecule is Cc1cc(N)c(F)cc1Oc1ccn2nc(COc3cc(N)c(C#N)c(F)c3)nc2c1. The van der Waals surface area contributed by atoms with Gasteiger partial charge in [-0.3, -0.25) is 0 Å². The third kappa shape index (κ3) is 4.02. The summed E-state index contributed by atoms with van der Waals surface area (Å²) in [6, 6.07) is 10.1. The second kappa shape index (κ2) is 7.79. The van der Waals surface area contributed by atoms with Gasteiger partial charge in [0, 0.05) is 30.5 Å². The zero-order valence-corrected chi connectivity index (χ0v) is 16.3. The normalized spacial score (nSPS) is 10.8. The molecule has 2 aromatic carbocycles. The Hall–Kier alpha value is -4.39. The molecule has 2 heterocycles. The molecule has 0 amide bonds. The van der Waals surface area contributed by atoms with Gasteiger partial charge >= 0.3 is 0 Å². The number of ether oxygens (including phenoxy) is 2. The molecule has 0 bridgehead atoms. The highest BCUT2D eigenvalue weighted by Crippen LogP contribution is 2.29. The van der Waals surface area contributed by atoms with Gasteiger partial charge in [-0.05, 0) is 24.6 Å². The van der Waals surface area contributed by atoms with Crippen molar-refractivity contribution < 1.29 is 18.3 Å². The van der Waals surface area contributed by atoms with Crippen LogP contribution in [0, 0.1) is 29.9 Å². The summed E-state index contributed by atoms with van der Waals surface area (Å²) in [4.78, 5) is 4.34. The van der Waals surface area contributed by atoms with Crippen LogP contribution < -0.4 is 20.9 Å². The van der Waals surface area contributed by atoms with Gasteiger partial charge in [-0.15, -0.1) is 5.10 Å². The monoisotopic (exact) mass is 422 g/mol. The van der Waals surface area contributed by atoms with Gasteiger partial charge < -0.3 is 20.9 Å². The highest BCUT2D eigenvalue weighted by atomic mass is 19.1. The number of benzene rings is 2. The van der Waals surface area contributed by atoms with Gasteiger partial charge in [0.25, 0.3) is 0 Å². The van der Waals surface area contributed by atoms with E-state index in [2.05, 4.69) is 10.1 Å². The zero-order chi connectivity index (χ0) is 22.1. The summed E-state index contributed by atoms with van der Waals surface area (Å²) in [7, 11) is 0. The Balaban J connectivity index is 1.52. The minimum absolute atomic E-state index is 0.0170. The summed E-state index contributed by atoms with van der Waals surface area (Å²) >= 11 is 0. The molecule has 2 aromatic heterocycles. The smallest absolute Gasteiger partial charge is 0.189 e. The molecule has 4 rings (SSSR count). The van der Waals surface area contributed by atoms with Gasteiger partial charge in [-0.2, -0.15) is 5.26 Å². The molecule has 156 valence electrons. The van der Waals surface area contributed by atoms with Crippen molar-refractivity contribution >= 4 is 17.0 Å². The van der Waals surface area contributed by atoms with E-state index < -0.39 is 11.6 Å². The molecule has 0 aliphatic carbocycles. The lowest BCUT2D eigenvalue weighted by molar-refractivity contribution is 0.295. The van der Waals surface area contributed by atoms with Gasteiger partial charge in [0.15, 0.2) is 11.5 Å². The van der Waals surface area contributed by atoms with Gasteiger partial charge in [-0.25, -0.2) is 18.3 Å². The number of nitrogens with zero attached hydrogens (tertiary/aromatic N) is 4. The quantitative estimate of drug-likeness (QED) is 0.470. The van der Waals surface area contributed by atoms with E-state index in [1.807, 2.05) is 0 Å². The number of aromatic nitrogens is 3. The van der Waals surface area contributed by atoms with Crippen LogP contribution in [0.5, 0.6) is 17.2 Å². The van der Waals surface area contributed by atoms with Crippen molar-refractivity contribution in [1.82, 2.24) is 14.6 Å². The Morgan fingerprint density at radius 2 is 1.87 bits per heavy atom. The zero-order valence-electron chi connectivity index (χ0n) is 16.3. The van der Waals surface area contributed by atoms with Crippen molar-refractivity contribution in [3.63, 3.8) is 0 Å². The van der Waals surface area contributed by atoms with Gasteiger partial charge in [0.05, 0.1) is 11.4 Å². The third-order valence-electron chi connectivity index (χ3n) is 4.45. The number of hydrogen-bond donors (Lipinski definition) is 2. The number of halogens is 2. The van der Waals surface area contributed by atoms with Crippen molar-refractivity contribution in [3.8, 4) is 23.3 Å². The fraction of sp³-hybridized carbons (Fsp3) is 0.0952. The predicted molar refractivity (Wildman–Crippen MR) is 108 cm³/mol. The average molecular weight is 422 g/mol. The molecule has 10 heteroatoms. The third-order valence-corrected chi connectivity index (χ3v) is 4.45. The molecule has 0 unspecified atom stereocenters. The lowest BCUT2D eigenvalue weighted by Crippen LogP contribution is -2.01. The van der Waals surface area contributed by atoms with E-state index in [4.69, 9.17) is 26.2 Å². The van der Waals surface area contributed by atoms with Crippen LogP contribution in [0.1, 0.15) is 17.0 Å². The molecule has 0 aliphatic heterocycles. The predicted octanol–water partition coefficient (Wildman–Crippen LogP) is 3.72. The fourth-order valence-corrected chi connectivity index (χ4v) is 2.91. The number of rotatable bonds is 5. The molecule has 0 radical (unpaired) electrons. The molecule has 0 aliphatic rings. The second-order valence-corrected chi connectivity index (χ2v) is 6.70. The standard InChI is InChI=1S/C21H16F2N6O2/c1-11-4-18(26)16(23)8-19(11)31-12-2-3-29-21(7-12)27-20(28-29)10-30-13-5-15(22)14(9-24)17(25)6-13/h2-8H,10,25-26H2,1H3. The molecule has 0 saturated heterocycles. The van der Waals surface area contributed by atoms with E-state index in [0.29, 0.717) is 28.5 Å². The first-order chi connectivity index (χ1) is 14.8. The van der Waals surface area contributed by atoms with Crippen LogP contribution in [0.15, 0.2) is 42.6 Å². The highest BCUT2D eigenvalue weighted by Gasteiger charge is 2.12. The van der Waals surface area contributed by atoms with E-state index in [-0.39, 0.29) is 29.3 Å². The summed E-state index contributed by atoms with van der Waals surface area (Å²) in [6.07, 6.45) is 1.63. The molecule has 31 heavy (non-hydrogen) atoms. The lowest BCUT2D eigenvalue weighted by Gasteiger charge is -2.10. The first-order valence-corrected chi connectivity index (χ1v) is 9.04. The number of fused-ring (bicyclic) bond motifs is 1. The van der Waals surface area contributed by atoms with Crippen LogP contribution in [0.4, 0.5) is 20.2 Å². The Morgan fingerprint density at radius 3 is 2.61 bits per heavy atom. The fourth-order valence-electron chi connectivity index (χ4n) is 2.91. The molecule has 0 fully saturated rings. The minimum Gasteiger partial charge on any atom is -0.485 e. The van der Waals surface area contributed by atoms with Gasteiger partial charge in [0.1, 0.15) is 47.1 Å². The molecule has 0 saturated carbocycles. The highest BCUT2D eigenvalue weighted by molar-refractivity contribution is 5.58. The number of nitriles is 1. The number of aryl methyl sites for hydroxylation is 1. The molecule has 4 N–H and O–H groups in total. The minimum atomic E-state index is -0.767. The molecular formula is C21H16F2N6O2. The topological polar surface area (TPSA) is 124 Å². The van der Waals surface area contributed by atoms with E-state index in [1.165, 1.54) is 22.7 Å². The summed E-state index contributed by atoms with van der Waals surface area (Å²) in [5.41, 5.74) is 12.2. The van der Waals surface area contributed by atoms with Crippen LogP contribution in [0.25, 0.3) is 5.65 Å². The van der Waals surface area contributed by atoms with E-state index in [9.17, 15) is 8.78 Å². The molecule has 8 nitrogen and oxygen atoms in total. The van der Waals surface area contributed by atoms with Crippen molar-refractivity contribution in [3.05, 3.63) is 71.2 Å². The number of anilines is 2. The van der Waals surface area contributed by atoms with Crippen molar-refractivity contribution in [1.29, 1.82) is 5.26 Å². The summed E-state index contributed by atoms with van der Waals surface area (Å²) in [5, 5.41) is 13.1. The van der Waals surface area contributed by atoms with Crippen LogP contribution in [0.2, 0.25) is 0 Å². The first kappa shape index (κ1) is 19.9. The van der Waals surface area contributed by atoms with Gasteiger partial charge in [-0.1, -0.05) is 0 Å². The Kier molecular flexibility index (Phi) is 5.00. The number of pyridine rings is 1. The maximum atomic E-state index is 13.8. The Bertz CT molecular complexity index is 1320.